The van der Waals surface area contributed by atoms with E-state index in [9.17, 15) is 4.79 Å². The van der Waals surface area contributed by atoms with Gasteiger partial charge in [0.1, 0.15) is 0 Å². The summed E-state index contributed by atoms with van der Waals surface area (Å²) in [5.74, 6) is 0.0457. The van der Waals surface area contributed by atoms with E-state index in [0.29, 0.717) is 6.54 Å². The molecule has 0 aromatic heterocycles. The molecular formula is C8H18N2O. The van der Waals surface area contributed by atoms with Crippen LogP contribution in [0.2, 0.25) is 0 Å². The zero-order valence-corrected chi connectivity index (χ0v) is 7.61. The monoisotopic (exact) mass is 158 g/mol. The lowest BCUT2D eigenvalue weighted by Crippen LogP contribution is -2.23. The number of allylic oxidation sites excluding steroid dienone is 1. The molecule has 0 saturated heterocycles. The zero-order chi connectivity index (χ0) is 7.98. The molecule has 0 aliphatic heterocycles. The predicted octanol–water partition coefficient (Wildman–Crippen LogP) is 1.64. The van der Waals surface area contributed by atoms with E-state index in [1.165, 1.54) is 0 Å². The van der Waals surface area contributed by atoms with Crippen molar-refractivity contribution in [3.63, 3.8) is 0 Å². The molecule has 11 heavy (non-hydrogen) atoms. The van der Waals surface area contributed by atoms with Crippen LogP contribution in [0.1, 0.15) is 27.2 Å². The van der Waals surface area contributed by atoms with Gasteiger partial charge in [0, 0.05) is 12.1 Å². The SMILES string of the molecule is CCC=C(C)C(=O)NCC.N. The normalized spacial score (nSPS) is 10.3. The van der Waals surface area contributed by atoms with Crippen molar-refractivity contribution < 1.29 is 4.79 Å². The van der Waals surface area contributed by atoms with E-state index in [1.54, 1.807) is 0 Å². The minimum atomic E-state index is 0. The van der Waals surface area contributed by atoms with Gasteiger partial charge in [0.25, 0.3) is 0 Å². The third-order valence-electron chi connectivity index (χ3n) is 1.21. The van der Waals surface area contributed by atoms with E-state index < -0.39 is 0 Å². The van der Waals surface area contributed by atoms with E-state index in [-0.39, 0.29) is 12.1 Å². The molecule has 0 heterocycles. The molecule has 0 aromatic rings. The van der Waals surface area contributed by atoms with Crippen LogP contribution in [0.25, 0.3) is 0 Å². The molecule has 0 fully saturated rings. The van der Waals surface area contributed by atoms with Crippen molar-refractivity contribution in [2.45, 2.75) is 27.2 Å². The van der Waals surface area contributed by atoms with Gasteiger partial charge in [-0.25, -0.2) is 0 Å². The number of nitrogens with one attached hydrogen (secondary N) is 1. The fourth-order valence-corrected chi connectivity index (χ4v) is 0.699. The van der Waals surface area contributed by atoms with Crippen molar-refractivity contribution in [2.24, 2.45) is 0 Å². The van der Waals surface area contributed by atoms with Gasteiger partial charge < -0.3 is 11.5 Å². The first kappa shape index (κ1) is 12.8. The summed E-state index contributed by atoms with van der Waals surface area (Å²) < 4.78 is 0. The molecule has 0 bridgehead atoms. The summed E-state index contributed by atoms with van der Waals surface area (Å²) in [4.78, 5) is 11.0. The fraction of sp³-hybridized carbons (Fsp3) is 0.625. The zero-order valence-electron chi connectivity index (χ0n) is 7.61. The first-order valence-electron chi connectivity index (χ1n) is 3.67. The van der Waals surface area contributed by atoms with Gasteiger partial charge in [-0.2, -0.15) is 0 Å². The van der Waals surface area contributed by atoms with Crippen molar-refractivity contribution >= 4 is 5.91 Å². The van der Waals surface area contributed by atoms with Crippen LogP contribution in [0.15, 0.2) is 11.6 Å². The minimum absolute atomic E-state index is 0. The maximum absolute atomic E-state index is 11.0. The first-order valence-corrected chi connectivity index (χ1v) is 3.67. The van der Waals surface area contributed by atoms with E-state index in [2.05, 4.69) is 5.32 Å². The fourth-order valence-electron chi connectivity index (χ4n) is 0.699. The minimum Gasteiger partial charge on any atom is -0.353 e. The standard InChI is InChI=1S/C8H15NO.H3N/c1-4-6-7(3)8(10)9-5-2;/h6H,4-5H2,1-3H3,(H,9,10);1H3. The average Bonchev–Trinajstić information content (AvgIpc) is 1.89. The summed E-state index contributed by atoms with van der Waals surface area (Å²) in [5, 5.41) is 2.72. The molecule has 3 heteroatoms. The molecule has 0 saturated carbocycles. The number of amides is 1. The Bertz CT molecular complexity index is 141. The van der Waals surface area contributed by atoms with Gasteiger partial charge in [0.15, 0.2) is 0 Å². The number of carbonyl (C=O) groups excluding carboxylic acids is 1. The predicted molar refractivity (Wildman–Crippen MR) is 47.8 cm³/mol. The molecule has 0 aromatic carbocycles. The lowest BCUT2D eigenvalue weighted by molar-refractivity contribution is -0.117. The maximum atomic E-state index is 11.0. The third kappa shape index (κ3) is 5.61. The largest absolute Gasteiger partial charge is 0.353 e. The second kappa shape index (κ2) is 7.28. The van der Waals surface area contributed by atoms with Gasteiger partial charge in [-0.1, -0.05) is 13.0 Å². The van der Waals surface area contributed by atoms with Gasteiger partial charge >= 0.3 is 0 Å². The summed E-state index contributed by atoms with van der Waals surface area (Å²) in [5.41, 5.74) is 0.810. The molecule has 0 spiro atoms. The van der Waals surface area contributed by atoms with Crippen LogP contribution in [0.4, 0.5) is 0 Å². The topological polar surface area (TPSA) is 64.1 Å². The number of hydrogen-bond donors (Lipinski definition) is 2. The molecule has 3 nitrogen and oxygen atoms in total. The average molecular weight is 158 g/mol. The molecule has 4 N–H and O–H groups in total. The molecule has 0 aliphatic rings. The van der Waals surface area contributed by atoms with Crippen molar-refractivity contribution in [1.82, 2.24) is 11.5 Å². The summed E-state index contributed by atoms with van der Waals surface area (Å²) in [7, 11) is 0. The summed E-state index contributed by atoms with van der Waals surface area (Å²) >= 11 is 0. The van der Waals surface area contributed by atoms with E-state index in [1.807, 2.05) is 26.8 Å². The van der Waals surface area contributed by atoms with Gasteiger partial charge in [0.05, 0.1) is 0 Å². The molecule has 66 valence electrons. The first-order chi connectivity index (χ1) is 4.72. The van der Waals surface area contributed by atoms with Crippen molar-refractivity contribution in [3.05, 3.63) is 11.6 Å². The Hall–Kier alpha value is -0.830. The number of likely N-dealkylation sites (N-methyl/N-ethyl adjacent to an activating group) is 1. The summed E-state index contributed by atoms with van der Waals surface area (Å²) in [6, 6.07) is 0. The highest BCUT2D eigenvalue weighted by Crippen LogP contribution is 1.93. The Balaban J connectivity index is 0. The molecule has 0 rings (SSSR count). The summed E-state index contributed by atoms with van der Waals surface area (Å²) in [6.07, 6.45) is 2.84. The Morgan fingerprint density at radius 2 is 2.00 bits per heavy atom. The molecule has 0 radical (unpaired) electrons. The van der Waals surface area contributed by atoms with Crippen LogP contribution in [-0.2, 0) is 4.79 Å². The molecule has 0 atom stereocenters. The van der Waals surface area contributed by atoms with Crippen molar-refractivity contribution in [1.29, 1.82) is 0 Å². The second-order valence-electron chi connectivity index (χ2n) is 2.15. The van der Waals surface area contributed by atoms with E-state index in [0.717, 1.165) is 12.0 Å². The highest BCUT2D eigenvalue weighted by molar-refractivity contribution is 5.92. The number of rotatable bonds is 3. The van der Waals surface area contributed by atoms with Gasteiger partial charge in [-0.3, -0.25) is 4.79 Å². The van der Waals surface area contributed by atoms with Crippen LogP contribution in [0, 0.1) is 0 Å². The van der Waals surface area contributed by atoms with Crippen LogP contribution in [-0.4, -0.2) is 12.5 Å². The van der Waals surface area contributed by atoms with Gasteiger partial charge in [-0.05, 0) is 20.3 Å². The van der Waals surface area contributed by atoms with Crippen LogP contribution in [0.3, 0.4) is 0 Å². The quantitative estimate of drug-likeness (QED) is 0.613. The van der Waals surface area contributed by atoms with Crippen LogP contribution >= 0.6 is 0 Å². The molecule has 0 aliphatic carbocycles. The maximum Gasteiger partial charge on any atom is 0.246 e. The van der Waals surface area contributed by atoms with Gasteiger partial charge in [-0.15, -0.1) is 0 Å². The van der Waals surface area contributed by atoms with Crippen molar-refractivity contribution in [3.8, 4) is 0 Å². The second-order valence-corrected chi connectivity index (χ2v) is 2.15. The Kier molecular flexibility index (Phi) is 8.48. The van der Waals surface area contributed by atoms with Crippen molar-refractivity contribution in [2.75, 3.05) is 6.54 Å². The smallest absolute Gasteiger partial charge is 0.246 e. The number of hydrogen-bond acceptors (Lipinski definition) is 2. The Morgan fingerprint density at radius 1 is 1.45 bits per heavy atom. The lowest BCUT2D eigenvalue weighted by Gasteiger charge is -1.99. The van der Waals surface area contributed by atoms with Gasteiger partial charge in [0.2, 0.25) is 5.91 Å². The lowest BCUT2D eigenvalue weighted by atomic mass is 10.2. The third-order valence-corrected chi connectivity index (χ3v) is 1.21. The molecule has 1 amide bonds. The Labute approximate surface area is 68.5 Å². The van der Waals surface area contributed by atoms with E-state index in [4.69, 9.17) is 0 Å². The molecule has 0 unspecified atom stereocenters. The number of carbonyl (C=O) groups is 1. The highest BCUT2D eigenvalue weighted by Gasteiger charge is 1.98. The van der Waals surface area contributed by atoms with Crippen LogP contribution < -0.4 is 11.5 Å². The Morgan fingerprint density at radius 3 is 2.36 bits per heavy atom. The molecular weight excluding hydrogens is 140 g/mol. The summed E-state index contributed by atoms with van der Waals surface area (Å²) in [6.45, 7) is 6.46. The van der Waals surface area contributed by atoms with Crippen LogP contribution in [0.5, 0.6) is 0 Å². The highest BCUT2D eigenvalue weighted by atomic mass is 16.1. The van der Waals surface area contributed by atoms with E-state index >= 15 is 0 Å².